The van der Waals surface area contributed by atoms with Gasteiger partial charge in [-0.05, 0) is 39.0 Å². The molecule has 0 heterocycles. The number of rotatable bonds is 6. The van der Waals surface area contributed by atoms with Crippen LogP contribution in [0.3, 0.4) is 0 Å². The zero-order valence-electron chi connectivity index (χ0n) is 12.0. The summed E-state index contributed by atoms with van der Waals surface area (Å²) in [5.74, 6) is -0.252. The van der Waals surface area contributed by atoms with Crippen molar-refractivity contribution >= 4 is 5.97 Å². The molecule has 1 aliphatic rings. The Hall–Kier alpha value is -0.610. The number of carboxylic acids is 1. The molecule has 0 aliphatic heterocycles. The molecule has 0 bridgehead atoms. The van der Waals surface area contributed by atoms with Crippen molar-refractivity contribution in [1.29, 1.82) is 0 Å². The lowest BCUT2D eigenvalue weighted by molar-refractivity contribution is -0.149. The summed E-state index contributed by atoms with van der Waals surface area (Å²) in [5.41, 5.74) is -0.798. The van der Waals surface area contributed by atoms with E-state index in [0.717, 1.165) is 12.8 Å². The van der Waals surface area contributed by atoms with Crippen molar-refractivity contribution in [2.45, 2.75) is 71.1 Å². The van der Waals surface area contributed by atoms with Crippen molar-refractivity contribution in [2.75, 3.05) is 6.61 Å². The van der Waals surface area contributed by atoms with E-state index in [-0.39, 0.29) is 12.1 Å². The Kier molecular flexibility index (Phi) is 5.60. The average Bonchev–Trinajstić information content (AvgIpc) is 2.25. The van der Waals surface area contributed by atoms with Gasteiger partial charge < -0.3 is 9.84 Å². The van der Waals surface area contributed by atoms with Crippen LogP contribution >= 0.6 is 0 Å². The predicted octanol–water partition coefficient (Wildman–Crippen LogP) is 2.42. The Bertz CT molecular complexity index is 278. The normalized spacial score (nSPS) is 28.9. The molecule has 0 aromatic heterocycles. The third kappa shape index (κ3) is 4.25. The van der Waals surface area contributed by atoms with Crippen LogP contribution in [0.5, 0.6) is 0 Å². The van der Waals surface area contributed by atoms with E-state index in [1.807, 2.05) is 13.8 Å². The number of carbonyl (C=O) groups is 1. The first-order valence-corrected chi connectivity index (χ1v) is 6.98. The molecule has 0 amide bonds. The van der Waals surface area contributed by atoms with Crippen molar-refractivity contribution in [3.8, 4) is 0 Å². The van der Waals surface area contributed by atoms with Gasteiger partial charge in [-0.1, -0.05) is 13.8 Å². The number of hydrogen-bond donors (Lipinski definition) is 2. The van der Waals surface area contributed by atoms with Crippen molar-refractivity contribution < 1.29 is 14.6 Å². The highest BCUT2D eigenvalue weighted by Gasteiger charge is 2.43. The molecule has 4 nitrogen and oxygen atoms in total. The van der Waals surface area contributed by atoms with E-state index >= 15 is 0 Å². The molecule has 0 aromatic rings. The molecule has 106 valence electrons. The molecular weight excluding hydrogens is 230 g/mol. The Morgan fingerprint density at radius 2 is 2.11 bits per heavy atom. The number of aliphatic carboxylic acids is 1. The third-order valence-corrected chi connectivity index (χ3v) is 3.35. The summed E-state index contributed by atoms with van der Waals surface area (Å²) in [6, 6.07) is 0.171. The Labute approximate surface area is 110 Å². The number of ether oxygens (including phenoxy) is 1. The minimum Gasteiger partial charge on any atom is -0.480 e. The Morgan fingerprint density at radius 3 is 2.61 bits per heavy atom. The van der Waals surface area contributed by atoms with Crippen molar-refractivity contribution in [3.63, 3.8) is 0 Å². The fraction of sp³-hybridized carbons (Fsp3) is 0.929. The predicted molar refractivity (Wildman–Crippen MR) is 71.7 cm³/mol. The quantitative estimate of drug-likeness (QED) is 0.767. The number of carboxylic acid groups (broad SMARTS) is 1. The van der Waals surface area contributed by atoms with Gasteiger partial charge in [0.1, 0.15) is 5.54 Å². The zero-order valence-corrected chi connectivity index (χ0v) is 12.0. The zero-order chi connectivity index (χ0) is 13.8. The molecule has 0 radical (unpaired) electrons. The SMILES string of the molecule is CC(C)COC1CCCC(NC(C)C)(C(=O)O)C1. The van der Waals surface area contributed by atoms with Gasteiger partial charge in [-0.3, -0.25) is 10.1 Å². The van der Waals surface area contributed by atoms with E-state index in [1.54, 1.807) is 0 Å². The topological polar surface area (TPSA) is 58.6 Å². The van der Waals surface area contributed by atoms with E-state index in [4.69, 9.17) is 4.74 Å². The maximum atomic E-state index is 11.6. The second-order valence-corrected chi connectivity index (χ2v) is 6.13. The molecule has 1 saturated carbocycles. The van der Waals surface area contributed by atoms with Crippen LogP contribution in [0.1, 0.15) is 53.4 Å². The monoisotopic (exact) mass is 257 g/mol. The molecule has 2 unspecified atom stereocenters. The van der Waals surface area contributed by atoms with Crippen LogP contribution in [0.25, 0.3) is 0 Å². The van der Waals surface area contributed by atoms with Crippen LogP contribution in [-0.4, -0.2) is 35.4 Å². The summed E-state index contributed by atoms with van der Waals surface area (Å²) in [7, 11) is 0. The summed E-state index contributed by atoms with van der Waals surface area (Å²) in [4.78, 5) is 11.6. The minimum absolute atomic E-state index is 0.0727. The lowest BCUT2D eigenvalue weighted by atomic mass is 9.79. The summed E-state index contributed by atoms with van der Waals surface area (Å²) < 4.78 is 5.83. The van der Waals surface area contributed by atoms with E-state index in [2.05, 4.69) is 19.2 Å². The molecule has 0 spiro atoms. The Morgan fingerprint density at radius 1 is 1.44 bits per heavy atom. The summed E-state index contributed by atoms with van der Waals surface area (Å²) >= 11 is 0. The molecular formula is C14H27NO3. The molecule has 2 atom stereocenters. The molecule has 1 aliphatic carbocycles. The fourth-order valence-electron chi connectivity index (χ4n) is 2.63. The third-order valence-electron chi connectivity index (χ3n) is 3.35. The van der Waals surface area contributed by atoms with Crippen molar-refractivity contribution in [2.24, 2.45) is 5.92 Å². The summed E-state index contributed by atoms with van der Waals surface area (Å²) in [6.45, 7) is 8.91. The van der Waals surface area contributed by atoms with Crippen LogP contribution < -0.4 is 5.32 Å². The maximum Gasteiger partial charge on any atom is 0.324 e. The van der Waals surface area contributed by atoms with Gasteiger partial charge in [0.15, 0.2) is 0 Å². The standard InChI is InChI=1S/C14H27NO3/c1-10(2)9-18-12-6-5-7-14(8-12,13(16)17)15-11(3)4/h10-12,15H,5-9H2,1-4H3,(H,16,17). The van der Waals surface area contributed by atoms with E-state index in [1.165, 1.54) is 0 Å². The largest absolute Gasteiger partial charge is 0.480 e. The van der Waals surface area contributed by atoms with Crippen LogP contribution in [-0.2, 0) is 9.53 Å². The fourth-order valence-corrected chi connectivity index (χ4v) is 2.63. The average molecular weight is 257 g/mol. The van der Waals surface area contributed by atoms with Crippen LogP contribution in [0.4, 0.5) is 0 Å². The van der Waals surface area contributed by atoms with Gasteiger partial charge in [0.25, 0.3) is 0 Å². The highest BCUT2D eigenvalue weighted by atomic mass is 16.5. The molecule has 0 saturated heterocycles. The first-order chi connectivity index (χ1) is 8.35. The highest BCUT2D eigenvalue weighted by molar-refractivity contribution is 5.79. The second-order valence-electron chi connectivity index (χ2n) is 6.13. The summed E-state index contributed by atoms with van der Waals surface area (Å²) in [6.07, 6.45) is 3.23. The maximum absolute atomic E-state index is 11.6. The van der Waals surface area contributed by atoms with Gasteiger partial charge in [0.05, 0.1) is 6.10 Å². The molecule has 2 N–H and O–H groups in total. The van der Waals surface area contributed by atoms with Crippen LogP contribution in [0.15, 0.2) is 0 Å². The lowest BCUT2D eigenvalue weighted by Gasteiger charge is -2.39. The second kappa shape index (κ2) is 6.53. The van der Waals surface area contributed by atoms with Gasteiger partial charge >= 0.3 is 5.97 Å². The first kappa shape index (κ1) is 15.4. The highest BCUT2D eigenvalue weighted by Crippen LogP contribution is 2.31. The Balaban J connectivity index is 2.64. The van der Waals surface area contributed by atoms with Gasteiger partial charge in [-0.15, -0.1) is 0 Å². The smallest absolute Gasteiger partial charge is 0.324 e. The van der Waals surface area contributed by atoms with E-state index < -0.39 is 11.5 Å². The van der Waals surface area contributed by atoms with Crippen molar-refractivity contribution in [1.82, 2.24) is 5.32 Å². The molecule has 1 fully saturated rings. The summed E-state index contributed by atoms with van der Waals surface area (Å²) in [5, 5.41) is 12.7. The number of nitrogens with one attached hydrogen (secondary N) is 1. The van der Waals surface area contributed by atoms with Crippen LogP contribution in [0.2, 0.25) is 0 Å². The van der Waals surface area contributed by atoms with Gasteiger partial charge in [0, 0.05) is 19.1 Å². The van der Waals surface area contributed by atoms with Gasteiger partial charge in [-0.25, -0.2) is 0 Å². The molecule has 1 rings (SSSR count). The van der Waals surface area contributed by atoms with E-state index in [9.17, 15) is 9.90 Å². The van der Waals surface area contributed by atoms with E-state index in [0.29, 0.717) is 25.4 Å². The minimum atomic E-state index is -0.798. The van der Waals surface area contributed by atoms with Gasteiger partial charge in [-0.2, -0.15) is 0 Å². The molecule has 0 aromatic carbocycles. The number of hydrogen-bond acceptors (Lipinski definition) is 3. The molecule has 4 heteroatoms. The van der Waals surface area contributed by atoms with Gasteiger partial charge in [0.2, 0.25) is 0 Å². The van der Waals surface area contributed by atoms with Crippen LogP contribution in [0, 0.1) is 5.92 Å². The lowest BCUT2D eigenvalue weighted by Crippen LogP contribution is -2.58. The molecule has 18 heavy (non-hydrogen) atoms. The van der Waals surface area contributed by atoms with Crippen molar-refractivity contribution in [3.05, 3.63) is 0 Å². The first-order valence-electron chi connectivity index (χ1n) is 6.98.